The van der Waals surface area contributed by atoms with Crippen molar-refractivity contribution in [1.29, 1.82) is 0 Å². The van der Waals surface area contributed by atoms with E-state index < -0.39 is 12.1 Å². The smallest absolute Gasteiger partial charge is 0.254 e. The Balaban J connectivity index is 1.47. The van der Waals surface area contributed by atoms with Crippen LogP contribution >= 0.6 is 0 Å². The summed E-state index contributed by atoms with van der Waals surface area (Å²) in [5.41, 5.74) is 1.43. The second kappa shape index (κ2) is 8.68. The maximum atomic E-state index is 12.4. The number of aromatic nitrogens is 3. The highest BCUT2D eigenvalue weighted by Gasteiger charge is 2.37. The molecular formula is C19H23N5O3. The molecule has 0 aromatic carbocycles. The first-order valence-electron chi connectivity index (χ1n) is 8.97. The molecule has 1 fully saturated rings. The Hall–Kier alpha value is -2.87. The van der Waals surface area contributed by atoms with Crippen LogP contribution in [0.25, 0.3) is 0 Å². The molecule has 8 nitrogen and oxygen atoms in total. The van der Waals surface area contributed by atoms with Crippen molar-refractivity contribution in [3.8, 4) is 0 Å². The first-order valence-corrected chi connectivity index (χ1v) is 8.97. The zero-order valence-corrected chi connectivity index (χ0v) is 15.1. The Labute approximate surface area is 157 Å². The second-order valence-electron chi connectivity index (χ2n) is 6.73. The van der Waals surface area contributed by atoms with Crippen molar-refractivity contribution >= 4 is 11.8 Å². The third-order valence-corrected chi connectivity index (χ3v) is 4.72. The van der Waals surface area contributed by atoms with Crippen LogP contribution in [0.4, 0.5) is 0 Å². The minimum atomic E-state index is -0.753. The van der Waals surface area contributed by atoms with E-state index in [0.29, 0.717) is 30.8 Å². The van der Waals surface area contributed by atoms with Crippen molar-refractivity contribution in [2.45, 2.75) is 38.3 Å². The summed E-state index contributed by atoms with van der Waals surface area (Å²) in [6, 6.07) is 3.35. The highest BCUT2D eigenvalue weighted by Crippen LogP contribution is 2.26. The monoisotopic (exact) mass is 369 g/mol. The lowest BCUT2D eigenvalue weighted by Crippen LogP contribution is -2.40. The molecule has 27 heavy (non-hydrogen) atoms. The van der Waals surface area contributed by atoms with E-state index in [1.54, 1.807) is 19.3 Å². The number of rotatable bonds is 6. The van der Waals surface area contributed by atoms with Gasteiger partial charge in [0.1, 0.15) is 5.82 Å². The number of aryl methyl sites for hydroxylation is 1. The second-order valence-corrected chi connectivity index (χ2v) is 6.73. The minimum absolute atomic E-state index is 0.0986. The standard InChI is InChI=1S/C19H23N5O3/c1-12-22-10-15(11-23-12)19(27)24-16-8-14(9-17(16)25)18(26)21-7-4-13-2-5-20-6-3-13/h2-3,5-6,10-11,14,16-17,25H,4,7-9H2,1H3,(H,21,26)(H,24,27)/t14-,16+,17+/m0/s1. The summed E-state index contributed by atoms with van der Waals surface area (Å²) < 4.78 is 0. The number of hydrogen-bond acceptors (Lipinski definition) is 6. The summed E-state index contributed by atoms with van der Waals surface area (Å²) in [5, 5.41) is 15.9. The fourth-order valence-corrected chi connectivity index (χ4v) is 3.17. The minimum Gasteiger partial charge on any atom is -0.391 e. The average Bonchev–Trinajstić information content (AvgIpc) is 3.03. The molecule has 2 aromatic heterocycles. The van der Waals surface area contributed by atoms with Crippen LogP contribution < -0.4 is 10.6 Å². The molecule has 0 bridgehead atoms. The molecule has 3 rings (SSSR count). The molecule has 1 aliphatic carbocycles. The topological polar surface area (TPSA) is 117 Å². The molecular weight excluding hydrogens is 346 g/mol. The highest BCUT2D eigenvalue weighted by molar-refractivity contribution is 5.94. The Bertz CT molecular complexity index is 782. The number of aliphatic hydroxyl groups excluding tert-OH is 1. The van der Waals surface area contributed by atoms with E-state index in [-0.39, 0.29) is 17.7 Å². The molecule has 1 saturated carbocycles. The number of carbonyl (C=O) groups excluding carboxylic acids is 2. The van der Waals surface area contributed by atoms with Gasteiger partial charge in [-0.2, -0.15) is 0 Å². The fraction of sp³-hybridized carbons (Fsp3) is 0.421. The predicted octanol–water partition coefficient (Wildman–Crippen LogP) is 0.408. The van der Waals surface area contributed by atoms with E-state index in [4.69, 9.17) is 0 Å². The summed E-state index contributed by atoms with van der Waals surface area (Å²) >= 11 is 0. The van der Waals surface area contributed by atoms with Gasteiger partial charge in [-0.1, -0.05) is 0 Å². The normalized spacial score (nSPS) is 21.6. The molecule has 3 atom stereocenters. The van der Waals surface area contributed by atoms with Crippen LogP contribution in [0.1, 0.15) is 34.6 Å². The molecule has 142 valence electrons. The SMILES string of the molecule is Cc1ncc(C(=O)N[C@@H]2C[C@H](C(=O)NCCc3ccncc3)C[C@H]2O)cn1. The van der Waals surface area contributed by atoms with E-state index in [2.05, 4.69) is 25.6 Å². The zero-order valence-electron chi connectivity index (χ0n) is 15.1. The lowest BCUT2D eigenvalue weighted by atomic mass is 10.1. The van der Waals surface area contributed by atoms with E-state index in [9.17, 15) is 14.7 Å². The molecule has 2 aromatic rings. The molecule has 1 aliphatic rings. The Morgan fingerprint density at radius 2 is 1.89 bits per heavy atom. The van der Waals surface area contributed by atoms with E-state index in [1.807, 2.05) is 12.1 Å². The molecule has 8 heteroatoms. The van der Waals surface area contributed by atoms with Gasteiger partial charge < -0.3 is 15.7 Å². The average molecular weight is 369 g/mol. The number of nitrogens with one attached hydrogen (secondary N) is 2. The lowest BCUT2D eigenvalue weighted by Gasteiger charge is -2.16. The maximum Gasteiger partial charge on any atom is 0.254 e. The summed E-state index contributed by atoms with van der Waals surface area (Å²) in [5.74, 6) is -0.190. The van der Waals surface area contributed by atoms with Gasteiger partial charge in [0.2, 0.25) is 5.91 Å². The van der Waals surface area contributed by atoms with Crippen LogP contribution in [-0.4, -0.2) is 50.6 Å². The fourth-order valence-electron chi connectivity index (χ4n) is 3.17. The summed E-state index contributed by atoms with van der Waals surface area (Å²) in [6.07, 6.45) is 7.03. The Morgan fingerprint density at radius 1 is 1.19 bits per heavy atom. The van der Waals surface area contributed by atoms with E-state index in [1.165, 1.54) is 12.4 Å². The molecule has 0 unspecified atom stereocenters. The Morgan fingerprint density at radius 3 is 2.59 bits per heavy atom. The van der Waals surface area contributed by atoms with Crippen molar-refractivity contribution in [2.75, 3.05) is 6.54 Å². The van der Waals surface area contributed by atoms with Crippen LogP contribution in [0, 0.1) is 12.8 Å². The van der Waals surface area contributed by atoms with Gasteiger partial charge in [-0.05, 0) is 43.9 Å². The quantitative estimate of drug-likeness (QED) is 0.679. The number of carbonyl (C=O) groups is 2. The van der Waals surface area contributed by atoms with Crippen molar-refractivity contribution in [3.63, 3.8) is 0 Å². The maximum absolute atomic E-state index is 12.4. The zero-order chi connectivity index (χ0) is 19.2. The number of aliphatic hydroxyl groups is 1. The molecule has 0 saturated heterocycles. The predicted molar refractivity (Wildman–Crippen MR) is 97.7 cm³/mol. The summed E-state index contributed by atoms with van der Waals surface area (Å²) in [6.45, 7) is 2.26. The van der Waals surface area contributed by atoms with Gasteiger partial charge in [0.15, 0.2) is 0 Å². The van der Waals surface area contributed by atoms with Gasteiger partial charge in [-0.3, -0.25) is 14.6 Å². The van der Waals surface area contributed by atoms with Crippen molar-refractivity contribution < 1.29 is 14.7 Å². The molecule has 0 radical (unpaired) electrons. The molecule has 2 heterocycles. The van der Waals surface area contributed by atoms with Gasteiger partial charge in [0, 0.05) is 37.3 Å². The highest BCUT2D eigenvalue weighted by atomic mass is 16.3. The largest absolute Gasteiger partial charge is 0.391 e. The number of pyridine rings is 1. The number of hydrogen-bond donors (Lipinski definition) is 3. The summed E-state index contributed by atoms with van der Waals surface area (Å²) in [7, 11) is 0. The van der Waals surface area contributed by atoms with Gasteiger partial charge in [0.05, 0.1) is 17.7 Å². The first-order chi connectivity index (χ1) is 13.0. The van der Waals surface area contributed by atoms with Crippen LogP contribution in [0.3, 0.4) is 0 Å². The molecule has 0 aliphatic heterocycles. The number of nitrogens with zero attached hydrogens (tertiary/aromatic N) is 3. The first kappa shape index (κ1) is 18.9. The van der Waals surface area contributed by atoms with E-state index in [0.717, 1.165) is 12.0 Å². The van der Waals surface area contributed by atoms with Crippen LogP contribution in [-0.2, 0) is 11.2 Å². The van der Waals surface area contributed by atoms with Gasteiger partial charge >= 0.3 is 0 Å². The molecule has 2 amide bonds. The van der Waals surface area contributed by atoms with Crippen molar-refractivity contribution in [2.24, 2.45) is 5.92 Å². The van der Waals surface area contributed by atoms with Crippen molar-refractivity contribution in [1.82, 2.24) is 25.6 Å². The van der Waals surface area contributed by atoms with Gasteiger partial charge in [0.25, 0.3) is 5.91 Å². The Kier molecular flexibility index (Phi) is 6.08. The van der Waals surface area contributed by atoms with E-state index >= 15 is 0 Å². The van der Waals surface area contributed by atoms with Gasteiger partial charge in [-0.15, -0.1) is 0 Å². The number of amides is 2. The third kappa shape index (κ3) is 5.07. The summed E-state index contributed by atoms with van der Waals surface area (Å²) in [4.78, 5) is 36.6. The van der Waals surface area contributed by atoms with Crippen LogP contribution in [0.15, 0.2) is 36.9 Å². The molecule has 3 N–H and O–H groups in total. The van der Waals surface area contributed by atoms with Crippen LogP contribution in [0.2, 0.25) is 0 Å². The molecule has 0 spiro atoms. The third-order valence-electron chi connectivity index (χ3n) is 4.72. The van der Waals surface area contributed by atoms with Crippen molar-refractivity contribution in [3.05, 3.63) is 53.9 Å². The van der Waals surface area contributed by atoms with Gasteiger partial charge in [-0.25, -0.2) is 9.97 Å². The van der Waals surface area contributed by atoms with Crippen LogP contribution in [0.5, 0.6) is 0 Å². The lowest BCUT2D eigenvalue weighted by molar-refractivity contribution is -0.125.